The van der Waals surface area contributed by atoms with Crippen molar-refractivity contribution in [1.29, 1.82) is 0 Å². The third-order valence-corrected chi connectivity index (χ3v) is 6.67. The second-order valence-electron chi connectivity index (χ2n) is 7.82. The summed E-state index contributed by atoms with van der Waals surface area (Å²) in [5.41, 5.74) is 1.85. The molecule has 0 bridgehead atoms. The zero-order chi connectivity index (χ0) is 24.0. The largest absolute Gasteiger partial charge is 2.00 e. The topological polar surface area (TPSA) is 114 Å². The molecule has 0 amide bonds. The van der Waals surface area contributed by atoms with Crippen LogP contribution in [0.2, 0.25) is 0 Å². The van der Waals surface area contributed by atoms with Gasteiger partial charge in [0.2, 0.25) is 0 Å². The Morgan fingerprint density at radius 1 is 0.606 bits per heavy atom. The van der Waals surface area contributed by atoms with Crippen LogP contribution >= 0.6 is 0 Å². The summed E-state index contributed by atoms with van der Waals surface area (Å²) in [5, 5.41) is 0. The van der Waals surface area contributed by atoms with Crippen molar-refractivity contribution in [3.05, 3.63) is 59.7 Å². The predicted octanol–water partition coefficient (Wildman–Crippen LogP) is 5.42. The normalized spacial score (nSPS) is 11.3. The summed E-state index contributed by atoms with van der Waals surface area (Å²) in [6, 6.07) is 12.6. The maximum absolute atomic E-state index is 10.8. The quantitative estimate of drug-likeness (QED) is 0.199. The van der Waals surface area contributed by atoms with Crippen LogP contribution in [0.25, 0.3) is 0 Å². The van der Waals surface area contributed by atoms with Gasteiger partial charge in [-0.3, -0.25) is 0 Å². The van der Waals surface area contributed by atoms with Gasteiger partial charge < -0.3 is 9.11 Å². The molecule has 0 saturated heterocycles. The minimum atomic E-state index is -4.31. The third kappa shape index (κ3) is 14.0. The van der Waals surface area contributed by atoms with Crippen molar-refractivity contribution in [1.82, 2.24) is 0 Å². The maximum atomic E-state index is 10.8. The SMILES string of the molecule is CCCCCCc1cccc(S(=O)(=O)[O-])c1.CCCCCCc1cccc(S(=O)(=O)[O-])c1.[Zn+2]. The summed E-state index contributed by atoms with van der Waals surface area (Å²) in [5.74, 6) is 0. The van der Waals surface area contributed by atoms with Crippen molar-refractivity contribution in [3.8, 4) is 0 Å². The van der Waals surface area contributed by atoms with E-state index in [4.69, 9.17) is 0 Å². The molecule has 0 aliphatic rings. The summed E-state index contributed by atoms with van der Waals surface area (Å²) in [4.78, 5) is -0.249. The number of hydrogen-bond acceptors (Lipinski definition) is 6. The van der Waals surface area contributed by atoms with Crippen LogP contribution in [0.3, 0.4) is 0 Å². The van der Waals surface area contributed by atoms with E-state index in [0.29, 0.717) is 0 Å². The smallest absolute Gasteiger partial charge is 0.744 e. The van der Waals surface area contributed by atoms with Gasteiger partial charge in [-0.25, -0.2) is 16.8 Å². The van der Waals surface area contributed by atoms with Crippen LogP contribution in [0.15, 0.2) is 58.3 Å². The van der Waals surface area contributed by atoms with Crippen molar-refractivity contribution in [3.63, 3.8) is 0 Å². The Labute approximate surface area is 212 Å². The van der Waals surface area contributed by atoms with Crippen molar-refractivity contribution >= 4 is 20.2 Å². The van der Waals surface area contributed by atoms with Crippen molar-refractivity contribution in [2.75, 3.05) is 0 Å². The van der Waals surface area contributed by atoms with Crippen molar-refractivity contribution in [2.24, 2.45) is 0 Å². The first kappa shape index (κ1) is 31.9. The Morgan fingerprint density at radius 2 is 0.970 bits per heavy atom. The van der Waals surface area contributed by atoms with E-state index in [9.17, 15) is 25.9 Å². The molecule has 0 heterocycles. The third-order valence-electron chi connectivity index (χ3n) is 5.01. The molecule has 9 heteroatoms. The second kappa shape index (κ2) is 16.5. The van der Waals surface area contributed by atoms with Crippen molar-refractivity contribution < 1.29 is 45.4 Å². The molecule has 6 nitrogen and oxygen atoms in total. The van der Waals surface area contributed by atoms with E-state index >= 15 is 0 Å². The predicted molar refractivity (Wildman–Crippen MR) is 125 cm³/mol. The second-order valence-corrected chi connectivity index (χ2v) is 10.6. The van der Waals surface area contributed by atoms with Gasteiger partial charge in [-0.2, -0.15) is 0 Å². The molecule has 2 aromatic carbocycles. The standard InChI is InChI=1S/2C12H18O3S.Zn/c2*1-2-3-4-5-7-11-8-6-9-12(10-11)16(13,14)15;/h2*6,8-10H,2-5,7H2,1H3,(H,13,14,15);/q;;+2/p-2. The van der Waals surface area contributed by atoms with Gasteiger partial charge in [-0.05, 0) is 61.1 Å². The molecule has 0 unspecified atom stereocenters. The van der Waals surface area contributed by atoms with Gasteiger partial charge in [0.1, 0.15) is 20.2 Å². The Hall–Kier alpha value is -1.12. The first-order valence-electron chi connectivity index (χ1n) is 11.2. The summed E-state index contributed by atoms with van der Waals surface area (Å²) in [7, 11) is -8.62. The van der Waals surface area contributed by atoms with Gasteiger partial charge in [0.05, 0.1) is 9.79 Å². The van der Waals surface area contributed by atoms with Gasteiger partial charge in [0.15, 0.2) is 0 Å². The van der Waals surface area contributed by atoms with Crippen LogP contribution < -0.4 is 0 Å². The van der Waals surface area contributed by atoms with Gasteiger partial charge in [0.25, 0.3) is 0 Å². The zero-order valence-corrected chi connectivity index (χ0v) is 24.3. The molecule has 0 spiro atoms. The summed E-state index contributed by atoms with van der Waals surface area (Å²) < 4.78 is 64.8. The van der Waals surface area contributed by atoms with E-state index in [1.165, 1.54) is 49.9 Å². The Kier molecular flexibility index (Phi) is 15.9. The number of aryl methyl sites for hydroxylation is 2. The number of hydrogen-bond donors (Lipinski definition) is 0. The van der Waals surface area contributed by atoms with Crippen LogP contribution in [0.5, 0.6) is 0 Å². The van der Waals surface area contributed by atoms with Gasteiger partial charge in [-0.1, -0.05) is 76.6 Å². The van der Waals surface area contributed by atoms with Crippen LogP contribution in [0.4, 0.5) is 0 Å². The Bertz CT molecular complexity index is 937. The van der Waals surface area contributed by atoms with Crippen LogP contribution in [0.1, 0.15) is 76.3 Å². The molecule has 2 aromatic rings. The minimum absolute atomic E-state index is 0. The molecule has 0 atom stereocenters. The molecule has 0 aliphatic carbocycles. The molecule has 180 valence electrons. The van der Waals surface area contributed by atoms with Crippen LogP contribution in [0, 0.1) is 0 Å². The average molecular weight is 548 g/mol. The average Bonchev–Trinajstić information content (AvgIpc) is 2.74. The Morgan fingerprint density at radius 3 is 1.27 bits per heavy atom. The van der Waals surface area contributed by atoms with Crippen LogP contribution in [-0.4, -0.2) is 25.9 Å². The molecule has 0 N–H and O–H groups in total. The van der Waals surface area contributed by atoms with Crippen LogP contribution in [-0.2, 0) is 52.6 Å². The fourth-order valence-corrected chi connectivity index (χ4v) is 4.31. The monoisotopic (exact) mass is 546 g/mol. The van der Waals surface area contributed by atoms with E-state index in [1.807, 2.05) is 12.1 Å². The zero-order valence-electron chi connectivity index (χ0n) is 19.7. The summed E-state index contributed by atoms with van der Waals surface area (Å²) >= 11 is 0. The summed E-state index contributed by atoms with van der Waals surface area (Å²) in [6.45, 7) is 4.29. The molecule has 0 radical (unpaired) electrons. The minimum Gasteiger partial charge on any atom is -0.744 e. The molecule has 0 aromatic heterocycles. The molecular weight excluding hydrogens is 514 g/mol. The van der Waals surface area contributed by atoms with E-state index in [1.54, 1.807) is 12.1 Å². The van der Waals surface area contributed by atoms with E-state index in [-0.39, 0.29) is 29.3 Å². The molecule has 0 aliphatic heterocycles. The van der Waals surface area contributed by atoms with Gasteiger partial charge >= 0.3 is 19.5 Å². The number of rotatable bonds is 12. The van der Waals surface area contributed by atoms with E-state index in [0.717, 1.165) is 49.7 Å². The number of unbranched alkanes of at least 4 members (excludes halogenated alkanes) is 6. The van der Waals surface area contributed by atoms with Gasteiger partial charge in [-0.15, -0.1) is 0 Å². The maximum Gasteiger partial charge on any atom is 2.00 e. The molecule has 33 heavy (non-hydrogen) atoms. The van der Waals surface area contributed by atoms with E-state index in [2.05, 4.69) is 13.8 Å². The molecule has 2 rings (SSSR count). The van der Waals surface area contributed by atoms with Crippen molar-refractivity contribution in [2.45, 2.75) is 87.8 Å². The van der Waals surface area contributed by atoms with E-state index < -0.39 is 20.2 Å². The molecular formula is C24H34O6S2Zn. The molecule has 0 fully saturated rings. The first-order chi connectivity index (χ1) is 15.1. The van der Waals surface area contributed by atoms with Gasteiger partial charge in [0, 0.05) is 0 Å². The Balaban J connectivity index is 0.000000602. The fourth-order valence-electron chi connectivity index (χ4n) is 3.22. The molecule has 0 saturated carbocycles. The summed E-state index contributed by atoms with van der Waals surface area (Å²) in [6.07, 6.45) is 10.8. The first-order valence-corrected chi connectivity index (χ1v) is 14.0. The fraction of sp³-hybridized carbons (Fsp3) is 0.500. The number of benzene rings is 2.